The fourth-order valence-electron chi connectivity index (χ4n) is 1.04. The van der Waals surface area contributed by atoms with Gasteiger partial charge in [0.25, 0.3) is 0 Å². The zero-order valence-electron chi connectivity index (χ0n) is 4.99. The molecule has 0 saturated carbocycles. The second kappa shape index (κ2) is 3.46. The van der Waals surface area contributed by atoms with Crippen molar-refractivity contribution in [3.05, 3.63) is 0 Å². The lowest BCUT2D eigenvalue weighted by molar-refractivity contribution is 0.409. The molecule has 1 aliphatic heterocycles. The highest BCUT2D eigenvalue weighted by Crippen LogP contribution is 2.13. The molecule has 1 N–H and O–H groups in total. The number of hydrogen-bond acceptors (Lipinski definition) is 1. The molecule has 1 fully saturated rings. The van der Waals surface area contributed by atoms with Gasteiger partial charge in [-0.1, -0.05) is 15.9 Å². The molecule has 0 atom stereocenters. The van der Waals surface area contributed by atoms with Crippen molar-refractivity contribution in [2.75, 3.05) is 18.4 Å². The summed E-state index contributed by atoms with van der Waals surface area (Å²) in [6.07, 6.45) is 2.70. The van der Waals surface area contributed by atoms with Gasteiger partial charge in [0.2, 0.25) is 0 Å². The number of halogens is 1. The van der Waals surface area contributed by atoms with E-state index in [1.807, 2.05) is 0 Å². The first kappa shape index (κ1) is 6.56. The molecule has 8 heavy (non-hydrogen) atoms. The molecule has 2 heteroatoms. The first-order valence-electron chi connectivity index (χ1n) is 3.20. The Bertz CT molecular complexity index is 59.5. The fraction of sp³-hybridized carbons (Fsp3) is 1.00. The highest BCUT2D eigenvalue weighted by atomic mass is 79.9. The SMILES string of the molecule is BrCC1CCNCC1. The average molecular weight is 178 g/mol. The summed E-state index contributed by atoms with van der Waals surface area (Å²) in [6, 6.07) is 0. The summed E-state index contributed by atoms with van der Waals surface area (Å²) in [6.45, 7) is 2.44. The van der Waals surface area contributed by atoms with Crippen LogP contribution in [0.15, 0.2) is 0 Å². The fourth-order valence-corrected chi connectivity index (χ4v) is 1.68. The Morgan fingerprint density at radius 1 is 1.38 bits per heavy atom. The van der Waals surface area contributed by atoms with Crippen molar-refractivity contribution < 1.29 is 0 Å². The summed E-state index contributed by atoms with van der Waals surface area (Å²) < 4.78 is 0. The number of hydrogen-bond donors (Lipinski definition) is 1. The quantitative estimate of drug-likeness (QED) is 0.598. The molecule has 0 aliphatic carbocycles. The van der Waals surface area contributed by atoms with Crippen molar-refractivity contribution in [2.24, 2.45) is 5.92 Å². The molecular formula is C6H12BrN. The molecule has 0 amide bonds. The predicted molar refractivity (Wildman–Crippen MR) is 39.4 cm³/mol. The molecule has 0 aromatic rings. The lowest BCUT2D eigenvalue weighted by atomic mass is 10.0. The molecule has 0 unspecified atom stereocenters. The van der Waals surface area contributed by atoms with Crippen LogP contribution in [0.3, 0.4) is 0 Å². The van der Waals surface area contributed by atoms with E-state index in [1.54, 1.807) is 0 Å². The molecule has 0 aromatic carbocycles. The van der Waals surface area contributed by atoms with E-state index in [2.05, 4.69) is 21.2 Å². The first-order chi connectivity index (χ1) is 3.93. The van der Waals surface area contributed by atoms with E-state index < -0.39 is 0 Å². The molecule has 1 heterocycles. The maximum Gasteiger partial charge on any atom is 0.00606 e. The van der Waals surface area contributed by atoms with Gasteiger partial charge >= 0.3 is 0 Å². The van der Waals surface area contributed by atoms with Crippen LogP contribution in [0.2, 0.25) is 0 Å². The van der Waals surface area contributed by atoms with Gasteiger partial charge in [-0.3, -0.25) is 0 Å². The summed E-state index contributed by atoms with van der Waals surface area (Å²) >= 11 is 3.48. The molecule has 1 aliphatic rings. The molecule has 1 nitrogen and oxygen atoms in total. The van der Waals surface area contributed by atoms with Crippen molar-refractivity contribution in [3.8, 4) is 0 Å². The summed E-state index contributed by atoms with van der Waals surface area (Å²) in [4.78, 5) is 0. The van der Waals surface area contributed by atoms with Crippen molar-refractivity contribution in [1.82, 2.24) is 5.32 Å². The summed E-state index contributed by atoms with van der Waals surface area (Å²) in [5.74, 6) is 0.941. The first-order valence-corrected chi connectivity index (χ1v) is 4.32. The van der Waals surface area contributed by atoms with Gasteiger partial charge in [0, 0.05) is 5.33 Å². The monoisotopic (exact) mass is 177 g/mol. The molecule has 1 saturated heterocycles. The minimum Gasteiger partial charge on any atom is -0.317 e. The Labute approximate surface area is 59.0 Å². The second-order valence-corrected chi connectivity index (χ2v) is 3.00. The maximum atomic E-state index is 3.48. The molecular weight excluding hydrogens is 166 g/mol. The highest BCUT2D eigenvalue weighted by molar-refractivity contribution is 9.09. The minimum absolute atomic E-state index is 0.941. The molecule has 0 aromatic heterocycles. The van der Waals surface area contributed by atoms with Gasteiger partial charge in [0.05, 0.1) is 0 Å². The van der Waals surface area contributed by atoms with Gasteiger partial charge in [0.15, 0.2) is 0 Å². The molecule has 1 rings (SSSR count). The van der Waals surface area contributed by atoms with E-state index in [4.69, 9.17) is 0 Å². The van der Waals surface area contributed by atoms with E-state index in [9.17, 15) is 0 Å². The van der Waals surface area contributed by atoms with Crippen LogP contribution in [-0.2, 0) is 0 Å². The van der Waals surface area contributed by atoms with Crippen LogP contribution in [0.5, 0.6) is 0 Å². The second-order valence-electron chi connectivity index (χ2n) is 2.35. The number of piperidine rings is 1. The zero-order valence-corrected chi connectivity index (χ0v) is 6.58. The summed E-state index contributed by atoms with van der Waals surface area (Å²) in [5, 5.41) is 4.52. The lowest BCUT2D eigenvalue weighted by Gasteiger charge is -2.19. The molecule has 0 spiro atoms. The lowest BCUT2D eigenvalue weighted by Crippen LogP contribution is -2.28. The van der Waals surface area contributed by atoms with Crippen LogP contribution in [-0.4, -0.2) is 18.4 Å². The Balaban J connectivity index is 2.13. The molecule has 0 bridgehead atoms. The van der Waals surface area contributed by atoms with Crippen LogP contribution in [0.1, 0.15) is 12.8 Å². The standard InChI is InChI=1S/C6H12BrN/c7-5-6-1-3-8-4-2-6/h6,8H,1-5H2. The van der Waals surface area contributed by atoms with Crippen LogP contribution >= 0.6 is 15.9 Å². The van der Waals surface area contributed by atoms with Gasteiger partial charge in [-0.15, -0.1) is 0 Å². The van der Waals surface area contributed by atoms with Crippen molar-refractivity contribution in [1.29, 1.82) is 0 Å². The third kappa shape index (κ3) is 1.75. The van der Waals surface area contributed by atoms with Crippen LogP contribution in [0.4, 0.5) is 0 Å². The van der Waals surface area contributed by atoms with Crippen LogP contribution < -0.4 is 5.32 Å². The largest absolute Gasteiger partial charge is 0.317 e. The van der Waals surface area contributed by atoms with E-state index >= 15 is 0 Å². The van der Waals surface area contributed by atoms with Crippen molar-refractivity contribution >= 4 is 15.9 Å². The van der Waals surface area contributed by atoms with Gasteiger partial charge < -0.3 is 5.32 Å². The van der Waals surface area contributed by atoms with Gasteiger partial charge in [-0.05, 0) is 31.8 Å². The van der Waals surface area contributed by atoms with Gasteiger partial charge in [-0.2, -0.15) is 0 Å². The summed E-state index contributed by atoms with van der Waals surface area (Å²) in [5.41, 5.74) is 0. The minimum atomic E-state index is 0.941. The van der Waals surface area contributed by atoms with Crippen LogP contribution in [0.25, 0.3) is 0 Å². The third-order valence-electron chi connectivity index (χ3n) is 1.68. The van der Waals surface area contributed by atoms with Crippen molar-refractivity contribution in [2.45, 2.75) is 12.8 Å². The number of alkyl halides is 1. The van der Waals surface area contributed by atoms with Gasteiger partial charge in [-0.25, -0.2) is 0 Å². The Morgan fingerprint density at radius 2 is 2.00 bits per heavy atom. The predicted octanol–water partition coefficient (Wildman–Crippen LogP) is 1.38. The van der Waals surface area contributed by atoms with E-state index in [0.29, 0.717) is 0 Å². The van der Waals surface area contributed by atoms with Gasteiger partial charge in [0.1, 0.15) is 0 Å². The van der Waals surface area contributed by atoms with E-state index in [1.165, 1.54) is 31.3 Å². The Kier molecular flexibility index (Phi) is 2.84. The third-order valence-corrected chi connectivity index (χ3v) is 2.59. The summed E-state index contributed by atoms with van der Waals surface area (Å²) in [7, 11) is 0. The molecule has 48 valence electrons. The topological polar surface area (TPSA) is 12.0 Å². The van der Waals surface area contributed by atoms with E-state index in [0.717, 1.165) is 5.92 Å². The smallest absolute Gasteiger partial charge is 0.00606 e. The highest BCUT2D eigenvalue weighted by Gasteiger charge is 2.09. The zero-order chi connectivity index (χ0) is 5.82. The Morgan fingerprint density at radius 3 is 2.38 bits per heavy atom. The molecule has 0 radical (unpaired) electrons. The average Bonchev–Trinajstić information content (AvgIpc) is 1.90. The Hall–Kier alpha value is 0.440. The normalized spacial score (nSPS) is 23.6. The number of nitrogens with one attached hydrogen (secondary N) is 1. The maximum absolute atomic E-state index is 3.48. The number of rotatable bonds is 1. The van der Waals surface area contributed by atoms with E-state index in [-0.39, 0.29) is 0 Å². The van der Waals surface area contributed by atoms with Crippen LogP contribution in [0, 0.1) is 5.92 Å². The van der Waals surface area contributed by atoms with Crippen molar-refractivity contribution in [3.63, 3.8) is 0 Å².